The number of amides is 1. The second-order valence-electron chi connectivity index (χ2n) is 10.4. The Morgan fingerprint density at radius 1 is 0.976 bits per heavy atom. The Hall–Kier alpha value is -3.91. The predicted molar refractivity (Wildman–Crippen MR) is 157 cm³/mol. The van der Waals surface area contributed by atoms with E-state index in [2.05, 4.69) is 12.2 Å². The van der Waals surface area contributed by atoms with E-state index in [4.69, 9.17) is 14.2 Å². The molecule has 1 aliphatic heterocycles. The molecule has 2 N–H and O–H groups in total. The molecule has 3 aromatic carbocycles. The Morgan fingerprint density at radius 2 is 1.61 bits per heavy atom. The van der Waals surface area contributed by atoms with Gasteiger partial charge in [0, 0.05) is 36.1 Å². The summed E-state index contributed by atoms with van der Waals surface area (Å²) in [5.74, 6) is 0.859. The number of anilines is 1. The van der Waals surface area contributed by atoms with Gasteiger partial charge in [0.1, 0.15) is 23.9 Å². The molecule has 1 atom stereocenters. The zero-order chi connectivity index (χ0) is 29.4. The van der Waals surface area contributed by atoms with Crippen LogP contribution in [0.3, 0.4) is 0 Å². The van der Waals surface area contributed by atoms with E-state index in [1.807, 2.05) is 43.0 Å². The fourth-order valence-electron chi connectivity index (χ4n) is 5.49. The van der Waals surface area contributed by atoms with Crippen molar-refractivity contribution in [1.29, 1.82) is 0 Å². The predicted octanol–water partition coefficient (Wildman–Crippen LogP) is 5.36. The van der Waals surface area contributed by atoms with Gasteiger partial charge in [0.15, 0.2) is 0 Å². The zero-order valence-electron chi connectivity index (χ0n) is 24.4. The lowest BCUT2D eigenvalue weighted by molar-refractivity contribution is -0.672. The molecule has 7 nitrogen and oxygen atoms in total. The number of hydrogen-bond donors (Lipinski definition) is 1. The summed E-state index contributed by atoms with van der Waals surface area (Å²) in [4.78, 5) is 26.6. The Labute approximate surface area is 241 Å². The van der Waals surface area contributed by atoms with Crippen molar-refractivity contribution in [3.8, 4) is 22.6 Å². The smallest absolute Gasteiger partial charge is 0.337 e. The van der Waals surface area contributed by atoms with Crippen LogP contribution in [0.25, 0.3) is 11.1 Å². The minimum atomic E-state index is -0.394. The van der Waals surface area contributed by atoms with Gasteiger partial charge >= 0.3 is 5.97 Å². The lowest BCUT2D eigenvalue weighted by Crippen LogP contribution is -2.83. The van der Waals surface area contributed by atoms with E-state index in [0.29, 0.717) is 43.2 Å². The number of quaternary nitrogens is 1. The Morgan fingerprint density at radius 3 is 2.17 bits per heavy atom. The van der Waals surface area contributed by atoms with Crippen LogP contribution < -0.4 is 19.7 Å². The van der Waals surface area contributed by atoms with Gasteiger partial charge in [0.25, 0.3) is 0 Å². The average Bonchev–Trinajstić information content (AvgIpc) is 3.32. The van der Waals surface area contributed by atoms with E-state index in [0.717, 1.165) is 48.3 Å². The van der Waals surface area contributed by atoms with Crippen LogP contribution in [0.15, 0.2) is 60.7 Å². The van der Waals surface area contributed by atoms with Crippen LogP contribution in [-0.2, 0) is 16.1 Å². The third kappa shape index (κ3) is 7.06. The number of nitrogens with zero attached hydrogens (tertiary/aromatic N) is 1. The van der Waals surface area contributed by atoms with Crippen molar-refractivity contribution in [2.24, 2.45) is 5.41 Å². The molecule has 4 rings (SSSR count). The SMILES string of the molecule is CCOc1cc(C[NH2+]CCC2(CC)CC(=O)N(c3ccc(C(=O)OC)cc3)C2)cc(OCC)c1-c1ccc(F)cc1. The van der Waals surface area contributed by atoms with Gasteiger partial charge in [-0.2, -0.15) is 0 Å². The zero-order valence-corrected chi connectivity index (χ0v) is 24.4. The van der Waals surface area contributed by atoms with Crippen LogP contribution >= 0.6 is 0 Å². The maximum atomic E-state index is 13.6. The highest BCUT2D eigenvalue weighted by atomic mass is 19.1. The van der Waals surface area contributed by atoms with E-state index in [1.165, 1.54) is 19.2 Å². The third-order valence-corrected chi connectivity index (χ3v) is 7.79. The number of carbonyl (C=O) groups is 2. The topological polar surface area (TPSA) is 81.7 Å². The molecule has 1 aliphatic rings. The number of methoxy groups -OCH3 is 1. The number of halogens is 1. The van der Waals surface area contributed by atoms with E-state index < -0.39 is 5.97 Å². The highest BCUT2D eigenvalue weighted by Gasteiger charge is 2.42. The molecule has 41 heavy (non-hydrogen) atoms. The van der Waals surface area contributed by atoms with Gasteiger partial charge in [-0.3, -0.25) is 4.79 Å². The molecule has 0 bridgehead atoms. The van der Waals surface area contributed by atoms with E-state index in [1.54, 1.807) is 24.3 Å². The van der Waals surface area contributed by atoms with E-state index in [-0.39, 0.29) is 17.1 Å². The van der Waals surface area contributed by atoms with Crippen molar-refractivity contribution in [3.05, 3.63) is 77.6 Å². The lowest BCUT2D eigenvalue weighted by Gasteiger charge is -2.27. The van der Waals surface area contributed by atoms with Crippen molar-refractivity contribution in [3.63, 3.8) is 0 Å². The molecule has 0 aliphatic carbocycles. The molecule has 3 aromatic rings. The normalized spacial score (nSPS) is 16.6. The minimum absolute atomic E-state index is 0.103. The molecule has 0 radical (unpaired) electrons. The fourth-order valence-corrected chi connectivity index (χ4v) is 5.49. The highest BCUT2D eigenvalue weighted by Crippen LogP contribution is 2.41. The largest absolute Gasteiger partial charge is 0.493 e. The Kier molecular flexibility index (Phi) is 10.00. The lowest BCUT2D eigenvalue weighted by atomic mass is 9.81. The third-order valence-electron chi connectivity index (χ3n) is 7.79. The summed E-state index contributed by atoms with van der Waals surface area (Å²) in [6.45, 7) is 9.29. The summed E-state index contributed by atoms with van der Waals surface area (Å²) >= 11 is 0. The van der Waals surface area contributed by atoms with Crippen molar-refractivity contribution in [2.45, 2.75) is 46.6 Å². The summed E-state index contributed by atoms with van der Waals surface area (Å²) in [5.41, 5.74) is 3.90. The molecule has 0 saturated carbocycles. The molecule has 1 heterocycles. The fraction of sp³-hybridized carbons (Fsp3) is 0.394. The van der Waals surface area contributed by atoms with Crippen LogP contribution in [0.2, 0.25) is 0 Å². The molecule has 0 spiro atoms. The minimum Gasteiger partial charge on any atom is -0.493 e. The van der Waals surface area contributed by atoms with Gasteiger partial charge in [-0.1, -0.05) is 19.1 Å². The molecule has 1 unspecified atom stereocenters. The van der Waals surface area contributed by atoms with Gasteiger partial charge in [0.05, 0.1) is 38.0 Å². The van der Waals surface area contributed by atoms with Crippen molar-refractivity contribution in [1.82, 2.24) is 0 Å². The van der Waals surface area contributed by atoms with Gasteiger partial charge in [0.2, 0.25) is 5.91 Å². The molecule has 1 fully saturated rings. The molecular formula is C33H40FN2O5+. The van der Waals surface area contributed by atoms with E-state index >= 15 is 0 Å². The van der Waals surface area contributed by atoms with Crippen LogP contribution in [-0.4, -0.2) is 45.3 Å². The van der Waals surface area contributed by atoms with Gasteiger partial charge in [-0.25, -0.2) is 9.18 Å². The number of hydrogen-bond acceptors (Lipinski definition) is 5. The molecule has 1 amide bonds. The Balaban J connectivity index is 1.43. The first-order valence-corrected chi connectivity index (χ1v) is 14.3. The molecule has 218 valence electrons. The van der Waals surface area contributed by atoms with Crippen LogP contribution in [0.4, 0.5) is 10.1 Å². The number of rotatable bonds is 13. The standard InChI is InChI=1S/C33H39FN2O5/c1-5-33(20-30(37)36(22-33)27-14-10-25(11-15-27)32(38)39-4)16-17-35-21-23-18-28(40-6-2)31(29(19-23)41-7-3)24-8-12-26(34)13-9-24/h8-15,18-19,35H,5-7,16-17,20-22H2,1-4H3/p+1. The first-order valence-electron chi connectivity index (χ1n) is 14.3. The van der Waals surface area contributed by atoms with Gasteiger partial charge < -0.3 is 24.4 Å². The molecule has 0 aromatic heterocycles. The maximum absolute atomic E-state index is 13.6. The molecule has 1 saturated heterocycles. The highest BCUT2D eigenvalue weighted by molar-refractivity contribution is 5.97. The first kappa shape index (κ1) is 30.1. The number of carbonyl (C=O) groups excluding carboxylic acids is 2. The molecule has 8 heteroatoms. The number of nitrogens with two attached hydrogens (primary N) is 1. The van der Waals surface area contributed by atoms with Crippen molar-refractivity contribution >= 4 is 17.6 Å². The van der Waals surface area contributed by atoms with Gasteiger partial charge in [-0.15, -0.1) is 0 Å². The van der Waals surface area contributed by atoms with Crippen LogP contribution in [0.5, 0.6) is 11.5 Å². The molecular weight excluding hydrogens is 523 g/mol. The summed E-state index contributed by atoms with van der Waals surface area (Å²) in [5, 5.41) is 2.26. The van der Waals surface area contributed by atoms with Crippen LogP contribution in [0.1, 0.15) is 56.0 Å². The number of ether oxygens (including phenoxy) is 3. The second-order valence-corrected chi connectivity index (χ2v) is 10.4. The quantitative estimate of drug-likeness (QED) is 0.224. The van der Waals surface area contributed by atoms with Crippen molar-refractivity contribution in [2.75, 3.05) is 38.3 Å². The van der Waals surface area contributed by atoms with Crippen molar-refractivity contribution < 1.29 is 33.5 Å². The first-order chi connectivity index (χ1) is 19.8. The summed E-state index contributed by atoms with van der Waals surface area (Å²) in [6.07, 6.45) is 2.31. The van der Waals surface area contributed by atoms with Gasteiger partial charge in [-0.05, 0) is 74.4 Å². The number of esters is 1. The van der Waals surface area contributed by atoms with E-state index in [9.17, 15) is 14.0 Å². The monoisotopic (exact) mass is 563 g/mol. The number of benzene rings is 3. The Bertz CT molecular complexity index is 1320. The average molecular weight is 564 g/mol. The maximum Gasteiger partial charge on any atom is 0.337 e. The second kappa shape index (κ2) is 13.6. The summed E-state index contributed by atoms with van der Waals surface area (Å²) in [7, 11) is 1.35. The van der Waals surface area contributed by atoms with Crippen LogP contribution in [0, 0.1) is 11.2 Å². The summed E-state index contributed by atoms with van der Waals surface area (Å²) < 4.78 is 30.4. The summed E-state index contributed by atoms with van der Waals surface area (Å²) in [6, 6.07) is 17.5.